The zero-order valence-electron chi connectivity index (χ0n) is 11.6. The molecule has 0 heterocycles. The first kappa shape index (κ1) is 15.5. The summed E-state index contributed by atoms with van der Waals surface area (Å²) in [6.07, 6.45) is 2.45. The van der Waals surface area contributed by atoms with Crippen LogP contribution in [0, 0.1) is 11.3 Å². The Morgan fingerprint density at radius 3 is 2.68 bits per heavy atom. The molecule has 104 valence electrons. The van der Waals surface area contributed by atoms with Crippen LogP contribution < -0.4 is 10.6 Å². The van der Waals surface area contributed by atoms with Crippen LogP contribution in [-0.4, -0.2) is 32.8 Å². The Balaban J connectivity index is 2.82. The molecule has 0 saturated carbocycles. The van der Waals surface area contributed by atoms with Crippen LogP contribution in [0.4, 0.5) is 5.69 Å². The van der Waals surface area contributed by atoms with E-state index < -0.39 is 0 Å². The molecular weight excluding hydrogens is 238 g/mol. The van der Waals surface area contributed by atoms with Gasteiger partial charge in [0.05, 0.1) is 25.1 Å². The van der Waals surface area contributed by atoms with Crippen molar-refractivity contribution in [3.8, 4) is 6.07 Å². The molecule has 0 bridgehead atoms. The Labute approximate surface area is 115 Å². The summed E-state index contributed by atoms with van der Waals surface area (Å²) in [5.74, 6) is 0. The van der Waals surface area contributed by atoms with Crippen LogP contribution in [0.5, 0.6) is 0 Å². The molecule has 4 nitrogen and oxygen atoms in total. The lowest BCUT2D eigenvalue weighted by molar-refractivity contribution is 0.172. The van der Waals surface area contributed by atoms with Crippen molar-refractivity contribution in [2.75, 3.05) is 31.7 Å². The van der Waals surface area contributed by atoms with Crippen LogP contribution in [0.1, 0.15) is 19.3 Å². The van der Waals surface area contributed by atoms with Gasteiger partial charge in [-0.2, -0.15) is 5.26 Å². The topological polar surface area (TPSA) is 62.3 Å². The van der Waals surface area contributed by atoms with Gasteiger partial charge >= 0.3 is 0 Å². The Bertz CT molecular complexity index is 375. The van der Waals surface area contributed by atoms with E-state index in [1.54, 1.807) is 7.11 Å². The first-order valence-electron chi connectivity index (χ1n) is 6.71. The molecule has 1 aromatic carbocycles. The lowest BCUT2D eigenvalue weighted by atomic mass is 10.1. The van der Waals surface area contributed by atoms with Crippen LogP contribution in [0.15, 0.2) is 30.3 Å². The molecule has 1 rings (SSSR count). The smallest absolute Gasteiger partial charge is 0.0666 e. The minimum atomic E-state index is 0.268. The van der Waals surface area contributed by atoms with Gasteiger partial charge < -0.3 is 15.4 Å². The second-order valence-corrected chi connectivity index (χ2v) is 4.48. The van der Waals surface area contributed by atoms with Gasteiger partial charge in [0, 0.05) is 19.3 Å². The number of methoxy groups -OCH3 is 1. The average molecular weight is 261 g/mol. The SMILES string of the molecule is COCC(CCCN)N(CCC#N)c1ccccc1. The summed E-state index contributed by atoms with van der Waals surface area (Å²) >= 11 is 0. The standard InChI is InChI=1S/C15H23N3O/c1-19-13-15(9-5-10-16)18(12-6-11-17)14-7-3-2-4-8-14/h2-4,7-8,15H,5-6,9-10,12-13,16H2,1H3. The molecule has 0 spiro atoms. The van der Waals surface area contributed by atoms with Crippen molar-refractivity contribution in [3.05, 3.63) is 30.3 Å². The van der Waals surface area contributed by atoms with E-state index in [0.717, 1.165) is 25.1 Å². The van der Waals surface area contributed by atoms with E-state index >= 15 is 0 Å². The molecule has 0 amide bonds. The Kier molecular flexibility index (Phi) is 7.64. The van der Waals surface area contributed by atoms with Gasteiger partial charge in [-0.1, -0.05) is 18.2 Å². The Hall–Kier alpha value is -1.57. The predicted molar refractivity (Wildman–Crippen MR) is 78.0 cm³/mol. The number of rotatable bonds is 9. The number of ether oxygens (including phenoxy) is 1. The Morgan fingerprint density at radius 1 is 1.37 bits per heavy atom. The van der Waals surface area contributed by atoms with E-state index in [9.17, 15) is 0 Å². The minimum Gasteiger partial charge on any atom is -0.383 e. The van der Waals surface area contributed by atoms with Crippen molar-refractivity contribution in [1.29, 1.82) is 5.26 Å². The molecule has 2 N–H and O–H groups in total. The molecule has 19 heavy (non-hydrogen) atoms. The summed E-state index contributed by atoms with van der Waals surface area (Å²) in [6.45, 7) is 2.06. The summed E-state index contributed by atoms with van der Waals surface area (Å²) in [4.78, 5) is 2.25. The van der Waals surface area contributed by atoms with Gasteiger partial charge in [-0.3, -0.25) is 0 Å². The molecule has 0 aromatic heterocycles. The summed E-state index contributed by atoms with van der Waals surface area (Å²) in [5, 5.41) is 8.82. The number of para-hydroxylation sites is 1. The molecule has 1 aromatic rings. The maximum absolute atomic E-state index is 8.82. The van der Waals surface area contributed by atoms with Crippen molar-refractivity contribution in [2.24, 2.45) is 5.73 Å². The molecule has 1 unspecified atom stereocenters. The van der Waals surface area contributed by atoms with E-state index in [0.29, 0.717) is 19.6 Å². The minimum absolute atomic E-state index is 0.268. The van der Waals surface area contributed by atoms with E-state index in [1.807, 2.05) is 18.2 Å². The highest BCUT2D eigenvalue weighted by Crippen LogP contribution is 2.19. The molecular formula is C15H23N3O. The summed E-state index contributed by atoms with van der Waals surface area (Å²) in [6, 6.07) is 12.7. The summed E-state index contributed by atoms with van der Waals surface area (Å²) in [5.41, 5.74) is 6.74. The number of hydrogen-bond donors (Lipinski definition) is 1. The van der Waals surface area contributed by atoms with E-state index in [1.165, 1.54) is 0 Å². The fourth-order valence-electron chi connectivity index (χ4n) is 2.19. The summed E-state index contributed by atoms with van der Waals surface area (Å²) in [7, 11) is 1.71. The van der Waals surface area contributed by atoms with E-state index in [2.05, 4.69) is 23.1 Å². The number of hydrogen-bond acceptors (Lipinski definition) is 4. The largest absolute Gasteiger partial charge is 0.383 e. The zero-order chi connectivity index (χ0) is 13.9. The lowest BCUT2D eigenvalue weighted by Crippen LogP contribution is -2.39. The van der Waals surface area contributed by atoms with Gasteiger partial charge in [-0.05, 0) is 31.5 Å². The van der Waals surface area contributed by atoms with Crippen molar-refractivity contribution in [3.63, 3.8) is 0 Å². The maximum Gasteiger partial charge on any atom is 0.0666 e. The quantitative estimate of drug-likeness (QED) is 0.740. The normalized spacial score (nSPS) is 11.8. The highest BCUT2D eigenvalue weighted by Gasteiger charge is 2.18. The van der Waals surface area contributed by atoms with Crippen LogP contribution >= 0.6 is 0 Å². The summed E-state index contributed by atoms with van der Waals surface area (Å²) < 4.78 is 5.32. The van der Waals surface area contributed by atoms with E-state index in [4.69, 9.17) is 15.7 Å². The van der Waals surface area contributed by atoms with Crippen molar-refractivity contribution < 1.29 is 4.74 Å². The number of nitriles is 1. The highest BCUT2D eigenvalue weighted by atomic mass is 16.5. The lowest BCUT2D eigenvalue weighted by Gasteiger charge is -2.33. The molecule has 0 aliphatic heterocycles. The first-order valence-corrected chi connectivity index (χ1v) is 6.71. The molecule has 0 aliphatic rings. The number of benzene rings is 1. The van der Waals surface area contributed by atoms with Crippen LogP contribution in [-0.2, 0) is 4.74 Å². The van der Waals surface area contributed by atoms with Gasteiger partial charge in [0.25, 0.3) is 0 Å². The number of nitrogens with zero attached hydrogens (tertiary/aromatic N) is 2. The number of nitrogens with two attached hydrogens (primary N) is 1. The molecule has 0 aliphatic carbocycles. The monoisotopic (exact) mass is 261 g/mol. The van der Waals surface area contributed by atoms with Crippen LogP contribution in [0.2, 0.25) is 0 Å². The molecule has 1 atom stereocenters. The van der Waals surface area contributed by atoms with Crippen molar-refractivity contribution in [2.45, 2.75) is 25.3 Å². The predicted octanol–water partition coefficient (Wildman–Crippen LogP) is 2.16. The highest BCUT2D eigenvalue weighted by molar-refractivity contribution is 5.47. The molecule has 0 saturated heterocycles. The molecule has 0 radical (unpaired) electrons. The van der Waals surface area contributed by atoms with Crippen LogP contribution in [0.25, 0.3) is 0 Å². The van der Waals surface area contributed by atoms with Gasteiger partial charge in [0.1, 0.15) is 0 Å². The second kappa shape index (κ2) is 9.37. The first-order chi connectivity index (χ1) is 9.33. The van der Waals surface area contributed by atoms with Gasteiger partial charge in [0.2, 0.25) is 0 Å². The Morgan fingerprint density at radius 2 is 2.11 bits per heavy atom. The van der Waals surface area contributed by atoms with Crippen molar-refractivity contribution in [1.82, 2.24) is 0 Å². The molecule has 4 heteroatoms. The second-order valence-electron chi connectivity index (χ2n) is 4.48. The number of anilines is 1. The zero-order valence-corrected chi connectivity index (χ0v) is 11.6. The fraction of sp³-hybridized carbons (Fsp3) is 0.533. The van der Waals surface area contributed by atoms with E-state index in [-0.39, 0.29) is 6.04 Å². The van der Waals surface area contributed by atoms with Gasteiger partial charge in [0.15, 0.2) is 0 Å². The van der Waals surface area contributed by atoms with Gasteiger partial charge in [-0.15, -0.1) is 0 Å². The third kappa shape index (κ3) is 5.29. The molecule has 0 fully saturated rings. The maximum atomic E-state index is 8.82. The van der Waals surface area contributed by atoms with Crippen molar-refractivity contribution >= 4 is 5.69 Å². The van der Waals surface area contributed by atoms with Gasteiger partial charge in [-0.25, -0.2) is 0 Å². The third-order valence-electron chi connectivity index (χ3n) is 3.09. The van der Waals surface area contributed by atoms with Crippen LogP contribution in [0.3, 0.4) is 0 Å². The fourth-order valence-corrected chi connectivity index (χ4v) is 2.19. The third-order valence-corrected chi connectivity index (χ3v) is 3.09. The average Bonchev–Trinajstić information content (AvgIpc) is 2.46.